The molecule has 7 nitrogen and oxygen atoms in total. The second-order valence-electron chi connectivity index (χ2n) is 6.26. The summed E-state index contributed by atoms with van der Waals surface area (Å²) < 4.78 is 13.7. The van der Waals surface area contributed by atoms with Gasteiger partial charge in [-0.05, 0) is 35.9 Å². The van der Waals surface area contributed by atoms with Gasteiger partial charge in [0, 0.05) is 37.4 Å². The number of anilines is 1. The molecule has 3 amide bonds. The smallest absolute Gasteiger partial charge is 0.322 e. The summed E-state index contributed by atoms with van der Waals surface area (Å²) >= 11 is 0. The Morgan fingerprint density at radius 1 is 1.15 bits per heavy atom. The summed E-state index contributed by atoms with van der Waals surface area (Å²) in [5.41, 5.74) is 3.80. The molecule has 0 spiro atoms. The number of hydrogen-bond acceptors (Lipinski definition) is 4. The van der Waals surface area contributed by atoms with Crippen LogP contribution in [0.25, 0.3) is 0 Å². The first-order valence-corrected chi connectivity index (χ1v) is 8.71. The molecule has 142 valence electrons. The number of carbonyl (C=O) groups is 2. The summed E-state index contributed by atoms with van der Waals surface area (Å²) in [6.07, 6.45) is 0. The fourth-order valence-corrected chi connectivity index (χ4v) is 2.97. The van der Waals surface area contributed by atoms with Gasteiger partial charge in [-0.3, -0.25) is 15.1 Å². The number of amides is 3. The van der Waals surface area contributed by atoms with Crippen molar-refractivity contribution in [2.24, 2.45) is 5.84 Å². The predicted octanol–water partition coefficient (Wildman–Crippen LogP) is 1.46. The largest absolute Gasteiger partial charge is 0.324 e. The van der Waals surface area contributed by atoms with E-state index in [4.69, 9.17) is 5.84 Å². The van der Waals surface area contributed by atoms with Crippen molar-refractivity contribution in [3.8, 4) is 0 Å². The first-order valence-electron chi connectivity index (χ1n) is 8.71. The molecule has 2 aromatic rings. The summed E-state index contributed by atoms with van der Waals surface area (Å²) in [6, 6.07) is 12.6. The lowest BCUT2D eigenvalue weighted by Crippen LogP contribution is -2.51. The second kappa shape index (κ2) is 8.61. The van der Waals surface area contributed by atoms with Crippen LogP contribution in [0, 0.1) is 5.82 Å². The van der Waals surface area contributed by atoms with Gasteiger partial charge >= 0.3 is 6.03 Å². The molecular formula is C19H22FN5O2. The first kappa shape index (κ1) is 18.8. The van der Waals surface area contributed by atoms with Crippen molar-refractivity contribution in [3.63, 3.8) is 0 Å². The van der Waals surface area contributed by atoms with E-state index >= 15 is 0 Å². The third kappa shape index (κ3) is 4.60. The number of hydrazine groups is 1. The van der Waals surface area contributed by atoms with E-state index in [1.54, 1.807) is 46.2 Å². The predicted molar refractivity (Wildman–Crippen MR) is 101 cm³/mol. The molecule has 2 aromatic carbocycles. The second-order valence-corrected chi connectivity index (χ2v) is 6.26. The fourth-order valence-electron chi connectivity index (χ4n) is 2.97. The fraction of sp³-hybridized carbons (Fsp3) is 0.263. The zero-order valence-electron chi connectivity index (χ0n) is 14.8. The highest BCUT2D eigenvalue weighted by molar-refractivity contribution is 5.94. The number of nitrogen functional groups attached to an aromatic ring is 1. The van der Waals surface area contributed by atoms with Crippen LogP contribution in [-0.2, 0) is 6.54 Å². The van der Waals surface area contributed by atoms with Crippen molar-refractivity contribution in [1.82, 2.24) is 15.6 Å². The molecule has 0 unspecified atom stereocenters. The van der Waals surface area contributed by atoms with Gasteiger partial charge in [-0.25, -0.2) is 15.0 Å². The van der Waals surface area contributed by atoms with Crippen LogP contribution in [0.1, 0.15) is 15.9 Å². The molecule has 0 aliphatic carbocycles. The van der Waals surface area contributed by atoms with Crippen molar-refractivity contribution in [2.75, 3.05) is 31.1 Å². The quantitative estimate of drug-likeness (QED) is 0.431. The molecule has 0 radical (unpaired) electrons. The molecule has 0 saturated carbocycles. The molecule has 0 aromatic heterocycles. The van der Waals surface area contributed by atoms with Crippen molar-refractivity contribution < 1.29 is 14.0 Å². The summed E-state index contributed by atoms with van der Waals surface area (Å²) in [5.74, 6) is 4.35. The molecule has 0 atom stereocenters. The Morgan fingerprint density at radius 2 is 1.85 bits per heavy atom. The van der Waals surface area contributed by atoms with Crippen molar-refractivity contribution >= 4 is 17.6 Å². The number of nitrogens with zero attached hydrogens (tertiary/aromatic N) is 2. The Morgan fingerprint density at radius 3 is 2.48 bits per heavy atom. The maximum atomic E-state index is 13.7. The summed E-state index contributed by atoms with van der Waals surface area (Å²) in [4.78, 5) is 27.9. The Bertz CT molecular complexity index is 806. The average molecular weight is 371 g/mol. The van der Waals surface area contributed by atoms with Crippen molar-refractivity contribution in [1.29, 1.82) is 0 Å². The standard InChI is InChI=1S/C19H22FN5O2/c20-16-2-1-3-17(12-16)25(19(27)24-10-8-22-9-11-24)13-14-4-6-15(7-5-14)18(26)23-21/h1-7,12,22H,8-11,13,21H2,(H,23,26). The summed E-state index contributed by atoms with van der Waals surface area (Å²) in [5, 5.41) is 3.21. The average Bonchev–Trinajstić information content (AvgIpc) is 2.72. The summed E-state index contributed by atoms with van der Waals surface area (Å²) in [6.45, 7) is 2.91. The van der Waals surface area contributed by atoms with Gasteiger partial charge in [0.1, 0.15) is 5.82 Å². The van der Waals surface area contributed by atoms with Gasteiger partial charge in [0.15, 0.2) is 0 Å². The van der Waals surface area contributed by atoms with Crippen molar-refractivity contribution in [3.05, 3.63) is 65.5 Å². The molecule has 1 aliphatic heterocycles. The minimum Gasteiger partial charge on any atom is -0.322 e. The number of piperazine rings is 1. The van der Waals surface area contributed by atoms with Crippen LogP contribution in [0.15, 0.2) is 48.5 Å². The van der Waals surface area contributed by atoms with Gasteiger partial charge in [-0.2, -0.15) is 0 Å². The van der Waals surface area contributed by atoms with Gasteiger partial charge in [-0.15, -0.1) is 0 Å². The summed E-state index contributed by atoms with van der Waals surface area (Å²) in [7, 11) is 0. The zero-order chi connectivity index (χ0) is 19.2. The maximum Gasteiger partial charge on any atom is 0.324 e. The Hall–Kier alpha value is -2.97. The molecule has 3 rings (SSSR count). The van der Waals surface area contributed by atoms with Crippen LogP contribution in [0.2, 0.25) is 0 Å². The molecule has 1 saturated heterocycles. The van der Waals surface area contributed by atoms with E-state index in [2.05, 4.69) is 10.7 Å². The zero-order valence-corrected chi connectivity index (χ0v) is 14.8. The van der Waals surface area contributed by atoms with E-state index in [0.29, 0.717) is 24.3 Å². The van der Waals surface area contributed by atoms with Crippen LogP contribution >= 0.6 is 0 Å². The van der Waals surface area contributed by atoms with E-state index in [1.165, 1.54) is 12.1 Å². The molecule has 1 fully saturated rings. The number of benzene rings is 2. The number of carbonyl (C=O) groups excluding carboxylic acids is 2. The van der Waals surface area contributed by atoms with Gasteiger partial charge in [0.05, 0.1) is 6.54 Å². The number of halogens is 1. The van der Waals surface area contributed by atoms with Crippen LogP contribution < -0.4 is 21.5 Å². The van der Waals surface area contributed by atoms with Crippen LogP contribution in [0.4, 0.5) is 14.9 Å². The minimum atomic E-state index is -0.402. The SMILES string of the molecule is NNC(=O)c1ccc(CN(C(=O)N2CCNCC2)c2cccc(F)c2)cc1. The van der Waals surface area contributed by atoms with E-state index in [0.717, 1.165) is 18.7 Å². The Balaban J connectivity index is 1.85. The van der Waals surface area contributed by atoms with E-state index in [1.807, 2.05) is 0 Å². The highest BCUT2D eigenvalue weighted by Crippen LogP contribution is 2.21. The monoisotopic (exact) mass is 371 g/mol. The van der Waals surface area contributed by atoms with Gasteiger partial charge in [-0.1, -0.05) is 18.2 Å². The molecule has 1 heterocycles. The molecule has 1 aliphatic rings. The number of rotatable bonds is 4. The van der Waals surface area contributed by atoms with Gasteiger partial charge in [0.25, 0.3) is 5.91 Å². The number of nitrogens with two attached hydrogens (primary N) is 1. The highest BCUT2D eigenvalue weighted by atomic mass is 19.1. The molecule has 8 heteroatoms. The molecular weight excluding hydrogens is 349 g/mol. The minimum absolute atomic E-state index is 0.175. The van der Waals surface area contributed by atoms with E-state index in [9.17, 15) is 14.0 Å². The van der Waals surface area contributed by atoms with Crippen LogP contribution in [0.3, 0.4) is 0 Å². The normalized spacial score (nSPS) is 13.9. The lowest BCUT2D eigenvalue weighted by atomic mass is 10.1. The number of urea groups is 1. The third-order valence-corrected chi connectivity index (χ3v) is 4.43. The van der Waals surface area contributed by atoms with E-state index in [-0.39, 0.29) is 18.5 Å². The van der Waals surface area contributed by atoms with Gasteiger partial charge in [0.2, 0.25) is 0 Å². The number of nitrogens with one attached hydrogen (secondary N) is 2. The van der Waals surface area contributed by atoms with Crippen molar-refractivity contribution in [2.45, 2.75) is 6.54 Å². The van der Waals surface area contributed by atoms with Crippen LogP contribution in [-0.4, -0.2) is 43.0 Å². The van der Waals surface area contributed by atoms with E-state index < -0.39 is 5.82 Å². The molecule has 27 heavy (non-hydrogen) atoms. The number of hydrogen-bond donors (Lipinski definition) is 3. The van der Waals surface area contributed by atoms with Crippen LogP contribution in [0.5, 0.6) is 0 Å². The molecule has 4 N–H and O–H groups in total. The maximum absolute atomic E-state index is 13.7. The highest BCUT2D eigenvalue weighted by Gasteiger charge is 2.24. The first-order chi connectivity index (χ1) is 13.1. The topological polar surface area (TPSA) is 90.7 Å². The third-order valence-electron chi connectivity index (χ3n) is 4.43. The van der Waals surface area contributed by atoms with Gasteiger partial charge < -0.3 is 10.2 Å². The molecule has 0 bridgehead atoms. The lowest BCUT2D eigenvalue weighted by Gasteiger charge is -2.33. The Labute approximate surface area is 156 Å². The Kier molecular flexibility index (Phi) is 6.00. The lowest BCUT2D eigenvalue weighted by molar-refractivity contribution is 0.0953.